The number of para-hydroxylation sites is 1. The maximum absolute atomic E-state index is 13.0. The van der Waals surface area contributed by atoms with Crippen LogP contribution in [0.5, 0.6) is 0 Å². The first-order valence-electron chi connectivity index (χ1n) is 8.13. The molecule has 0 aliphatic heterocycles. The van der Waals surface area contributed by atoms with Crippen LogP contribution in [-0.4, -0.2) is 18.1 Å². The summed E-state index contributed by atoms with van der Waals surface area (Å²) in [7, 11) is -4.21. The van der Waals surface area contributed by atoms with Crippen molar-refractivity contribution in [3.63, 3.8) is 0 Å². The van der Waals surface area contributed by atoms with E-state index in [0.717, 1.165) is 4.73 Å². The molecule has 0 amide bonds. The van der Waals surface area contributed by atoms with Crippen LogP contribution in [0.2, 0.25) is 0 Å². The third kappa shape index (κ3) is 3.20. The highest BCUT2D eigenvalue weighted by Gasteiger charge is 2.22. The Labute approximate surface area is 155 Å². The minimum absolute atomic E-state index is 0.0518. The fourth-order valence-electron chi connectivity index (χ4n) is 2.68. The quantitative estimate of drug-likeness (QED) is 0.546. The van der Waals surface area contributed by atoms with Gasteiger partial charge in [-0.25, -0.2) is 4.98 Å². The largest absolute Gasteiger partial charge is 0.357 e. The van der Waals surface area contributed by atoms with Crippen molar-refractivity contribution >= 4 is 21.0 Å². The Morgan fingerprint density at radius 2 is 1.37 bits per heavy atom. The Kier molecular flexibility index (Phi) is 4.21. The number of nitrogens with zero attached hydrogens (tertiary/aromatic N) is 2. The highest BCUT2D eigenvalue weighted by Crippen LogP contribution is 2.19. The number of hydrogen-bond acceptors (Lipinski definition) is 5. The molecule has 1 aromatic heterocycles. The van der Waals surface area contributed by atoms with Crippen molar-refractivity contribution in [2.45, 2.75) is 4.90 Å². The van der Waals surface area contributed by atoms with Crippen molar-refractivity contribution in [1.82, 2.24) is 9.71 Å². The average molecular weight is 378 g/mol. The van der Waals surface area contributed by atoms with Crippen molar-refractivity contribution in [1.29, 1.82) is 0 Å². The zero-order chi connectivity index (χ0) is 18.9. The monoisotopic (exact) mass is 378 g/mol. The van der Waals surface area contributed by atoms with Crippen molar-refractivity contribution in [2.75, 3.05) is 0 Å². The van der Waals surface area contributed by atoms with Crippen LogP contribution in [0.1, 0.15) is 0 Å². The van der Waals surface area contributed by atoms with Gasteiger partial charge in [0.15, 0.2) is 5.82 Å². The van der Waals surface area contributed by atoms with Crippen LogP contribution in [0, 0.1) is 0 Å². The van der Waals surface area contributed by atoms with Crippen LogP contribution >= 0.6 is 0 Å². The maximum Gasteiger partial charge on any atom is 0.357 e. The van der Waals surface area contributed by atoms with Gasteiger partial charge in [-0.15, -0.1) is 4.73 Å². The third-order valence-corrected chi connectivity index (χ3v) is 5.17. The molecule has 0 bridgehead atoms. The standard InChI is InChI=1S/C20H14N2O4S/c23-20-17-13-7-8-14-18(17)21-19(15-9-3-1-4-10-15)22(20)26-27(24,25)16-11-5-2-6-12-16/h1-14H. The summed E-state index contributed by atoms with van der Waals surface area (Å²) < 4.78 is 31.3. The molecule has 0 N–H and O–H groups in total. The van der Waals surface area contributed by atoms with E-state index in [2.05, 4.69) is 4.98 Å². The second-order valence-corrected chi connectivity index (χ2v) is 7.29. The minimum Gasteiger partial charge on any atom is -0.279 e. The molecule has 0 fully saturated rings. The van der Waals surface area contributed by atoms with Crippen LogP contribution in [-0.2, 0) is 10.1 Å². The molecule has 0 aliphatic rings. The zero-order valence-corrected chi connectivity index (χ0v) is 14.8. The summed E-state index contributed by atoms with van der Waals surface area (Å²) in [4.78, 5) is 17.4. The maximum atomic E-state index is 13.0. The van der Waals surface area contributed by atoms with Crippen molar-refractivity contribution in [3.05, 3.63) is 95.3 Å². The molecule has 0 spiro atoms. The summed E-state index contributed by atoms with van der Waals surface area (Å²) in [5, 5.41) is 0.264. The van der Waals surface area contributed by atoms with Crippen molar-refractivity contribution in [3.8, 4) is 11.4 Å². The lowest BCUT2D eigenvalue weighted by molar-refractivity contribution is 0.270. The minimum atomic E-state index is -4.21. The van der Waals surface area contributed by atoms with Gasteiger partial charge in [0.25, 0.3) is 5.56 Å². The number of hydrogen-bond donors (Lipinski definition) is 0. The number of fused-ring (bicyclic) bond motifs is 1. The van der Waals surface area contributed by atoms with Gasteiger partial charge < -0.3 is 0 Å². The Hall–Kier alpha value is -3.45. The van der Waals surface area contributed by atoms with Gasteiger partial charge in [-0.05, 0) is 24.3 Å². The molecule has 7 heteroatoms. The fourth-order valence-corrected chi connectivity index (χ4v) is 3.59. The lowest BCUT2D eigenvalue weighted by atomic mass is 10.2. The van der Waals surface area contributed by atoms with E-state index in [-0.39, 0.29) is 16.1 Å². The van der Waals surface area contributed by atoms with Gasteiger partial charge in [-0.2, -0.15) is 8.42 Å². The SMILES string of the molecule is O=c1c2ccccc2nc(-c2ccccc2)n1OS(=O)(=O)c1ccccc1. The van der Waals surface area contributed by atoms with Gasteiger partial charge in [-0.3, -0.25) is 9.08 Å². The molecule has 6 nitrogen and oxygen atoms in total. The molecule has 134 valence electrons. The molecule has 0 aliphatic carbocycles. The Bertz CT molecular complexity index is 1270. The zero-order valence-electron chi connectivity index (χ0n) is 14.0. The second kappa shape index (κ2) is 6.69. The van der Waals surface area contributed by atoms with Crippen molar-refractivity contribution < 1.29 is 12.7 Å². The third-order valence-electron chi connectivity index (χ3n) is 3.97. The van der Waals surface area contributed by atoms with Gasteiger partial charge in [0, 0.05) is 5.56 Å². The number of rotatable bonds is 4. The summed E-state index contributed by atoms with van der Waals surface area (Å²) in [6, 6.07) is 23.2. The van der Waals surface area contributed by atoms with Crippen LogP contribution in [0.25, 0.3) is 22.3 Å². The second-order valence-electron chi connectivity index (χ2n) is 5.76. The van der Waals surface area contributed by atoms with E-state index in [1.54, 1.807) is 66.7 Å². The fraction of sp³-hybridized carbons (Fsp3) is 0. The van der Waals surface area contributed by atoms with E-state index in [1.165, 1.54) is 12.1 Å². The molecular formula is C20H14N2O4S. The first kappa shape index (κ1) is 17.0. The molecule has 4 rings (SSSR count). The molecule has 3 aromatic carbocycles. The topological polar surface area (TPSA) is 78.3 Å². The number of benzene rings is 3. The number of aromatic nitrogens is 2. The van der Waals surface area contributed by atoms with Gasteiger partial charge in [0.1, 0.15) is 4.90 Å². The van der Waals surface area contributed by atoms with E-state index in [1.807, 2.05) is 6.07 Å². The summed E-state index contributed by atoms with van der Waals surface area (Å²) >= 11 is 0. The van der Waals surface area contributed by atoms with Crippen LogP contribution in [0.4, 0.5) is 0 Å². The predicted molar refractivity (Wildman–Crippen MR) is 102 cm³/mol. The molecule has 0 unspecified atom stereocenters. The van der Waals surface area contributed by atoms with Gasteiger partial charge in [0.05, 0.1) is 10.9 Å². The van der Waals surface area contributed by atoms with Crippen LogP contribution in [0.3, 0.4) is 0 Å². The summed E-state index contributed by atoms with van der Waals surface area (Å²) in [5.41, 5.74) is 0.417. The van der Waals surface area contributed by atoms with E-state index in [0.29, 0.717) is 11.1 Å². The summed E-state index contributed by atoms with van der Waals surface area (Å²) in [6.45, 7) is 0. The predicted octanol–water partition coefficient (Wildman–Crippen LogP) is 2.88. The lowest BCUT2D eigenvalue weighted by Gasteiger charge is -2.13. The highest BCUT2D eigenvalue weighted by molar-refractivity contribution is 7.87. The molecule has 0 radical (unpaired) electrons. The molecular weight excluding hydrogens is 364 g/mol. The van der Waals surface area contributed by atoms with Gasteiger partial charge in [0.2, 0.25) is 0 Å². The molecule has 27 heavy (non-hydrogen) atoms. The van der Waals surface area contributed by atoms with Crippen LogP contribution in [0.15, 0.2) is 94.6 Å². The molecule has 4 aromatic rings. The normalized spacial score (nSPS) is 11.4. The van der Waals surface area contributed by atoms with E-state index >= 15 is 0 Å². The first-order valence-corrected chi connectivity index (χ1v) is 9.54. The van der Waals surface area contributed by atoms with Gasteiger partial charge >= 0.3 is 10.1 Å². The molecule has 1 heterocycles. The smallest absolute Gasteiger partial charge is 0.279 e. The Balaban J connectivity index is 1.96. The van der Waals surface area contributed by atoms with Gasteiger partial charge in [-0.1, -0.05) is 60.7 Å². The van der Waals surface area contributed by atoms with E-state index in [4.69, 9.17) is 4.28 Å². The summed E-state index contributed by atoms with van der Waals surface area (Å²) in [5.74, 6) is 0.110. The van der Waals surface area contributed by atoms with Crippen molar-refractivity contribution in [2.24, 2.45) is 0 Å². The van der Waals surface area contributed by atoms with Crippen LogP contribution < -0.4 is 9.84 Å². The van der Waals surface area contributed by atoms with E-state index < -0.39 is 15.7 Å². The first-order chi connectivity index (χ1) is 13.1. The molecule has 0 atom stereocenters. The Morgan fingerprint density at radius 3 is 2.07 bits per heavy atom. The lowest BCUT2D eigenvalue weighted by Crippen LogP contribution is -2.33. The highest BCUT2D eigenvalue weighted by atomic mass is 32.2. The average Bonchev–Trinajstić information content (AvgIpc) is 2.71. The summed E-state index contributed by atoms with van der Waals surface area (Å²) in [6.07, 6.45) is 0. The van der Waals surface area contributed by atoms with E-state index in [9.17, 15) is 13.2 Å². The molecule has 0 saturated heterocycles. The Morgan fingerprint density at radius 1 is 0.778 bits per heavy atom. The molecule has 0 saturated carbocycles.